The van der Waals surface area contributed by atoms with Gasteiger partial charge in [-0.3, -0.25) is 5.41 Å². The number of anilines is 2. The smallest absolute Gasteiger partial charge is 0.259 e. The van der Waals surface area contributed by atoms with Gasteiger partial charge in [0, 0.05) is 19.2 Å². The third-order valence-electron chi connectivity index (χ3n) is 4.19. The molecule has 98 valence electrons. The highest BCUT2D eigenvalue weighted by Gasteiger charge is 2.30. The fourth-order valence-electron chi connectivity index (χ4n) is 3.15. The second kappa shape index (κ2) is 4.19. The van der Waals surface area contributed by atoms with Crippen molar-refractivity contribution in [2.75, 3.05) is 23.7 Å². The highest BCUT2D eigenvalue weighted by molar-refractivity contribution is 5.46. The van der Waals surface area contributed by atoms with Crippen LogP contribution in [0.2, 0.25) is 0 Å². The summed E-state index contributed by atoms with van der Waals surface area (Å²) in [5, 5.41) is 17.0. The lowest BCUT2D eigenvalue weighted by Gasteiger charge is -2.24. The van der Waals surface area contributed by atoms with E-state index in [4.69, 9.17) is 11.1 Å². The van der Waals surface area contributed by atoms with Gasteiger partial charge in [-0.25, -0.2) is 0 Å². The first-order chi connectivity index (χ1) is 8.63. The standard InChI is InChI=1S/C12H19N5O/c13-10-5-11(15-12(14)17(10)18)16-6-8-1-2-9(7-16)4-3-8/h5,8-9,14,18H,1-4,6-7,13H2. The summed E-state index contributed by atoms with van der Waals surface area (Å²) in [5.74, 6) is 2.37. The number of rotatable bonds is 1. The summed E-state index contributed by atoms with van der Waals surface area (Å²) in [5.41, 5.74) is 5.47. The molecular formula is C12H19N5O. The van der Waals surface area contributed by atoms with Gasteiger partial charge in [-0.15, -0.1) is 4.73 Å². The maximum atomic E-state index is 9.42. The molecule has 3 aliphatic rings. The van der Waals surface area contributed by atoms with Crippen molar-refractivity contribution in [3.8, 4) is 0 Å². The van der Waals surface area contributed by atoms with Gasteiger partial charge in [-0.05, 0) is 37.5 Å². The Labute approximate surface area is 106 Å². The minimum absolute atomic E-state index is 0.168. The molecule has 18 heavy (non-hydrogen) atoms. The first-order valence-electron chi connectivity index (χ1n) is 6.52. The maximum absolute atomic E-state index is 9.42. The minimum Gasteiger partial charge on any atom is -0.423 e. The summed E-state index contributed by atoms with van der Waals surface area (Å²) < 4.78 is 0.607. The lowest BCUT2D eigenvalue weighted by Crippen LogP contribution is -2.33. The molecule has 3 heterocycles. The van der Waals surface area contributed by atoms with Crippen molar-refractivity contribution in [1.82, 2.24) is 9.71 Å². The van der Waals surface area contributed by atoms with Crippen LogP contribution in [0.5, 0.6) is 0 Å². The van der Waals surface area contributed by atoms with Crippen LogP contribution in [0.4, 0.5) is 11.6 Å². The normalized spacial score (nSPS) is 27.2. The molecule has 6 nitrogen and oxygen atoms in total. The van der Waals surface area contributed by atoms with Gasteiger partial charge >= 0.3 is 0 Å². The number of nitrogen functional groups attached to an aromatic ring is 1. The maximum Gasteiger partial charge on any atom is 0.259 e. The van der Waals surface area contributed by atoms with Crippen molar-refractivity contribution >= 4 is 11.6 Å². The SMILES string of the molecule is N=c1nc(N2CC3CCC(CC3)C2)cc(N)n1O. The summed E-state index contributed by atoms with van der Waals surface area (Å²) in [7, 11) is 0. The summed E-state index contributed by atoms with van der Waals surface area (Å²) in [6.07, 6.45) is 5.21. The van der Waals surface area contributed by atoms with Crippen molar-refractivity contribution in [2.45, 2.75) is 25.7 Å². The first kappa shape index (κ1) is 11.4. The van der Waals surface area contributed by atoms with Crippen LogP contribution < -0.4 is 16.3 Å². The van der Waals surface area contributed by atoms with Crippen molar-refractivity contribution < 1.29 is 5.21 Å². The van der Waals surface area contributed by atoms with E-state index in [1.54, 1.807) is 6.07 Å². The van der Waals surface area contributed by atoms with Crippen molar-refractivity contribution in [1.29, 1.82) is 5.41 Å². The Bertz CT molecular complexity index is 490. The molecule has 3 fully saturated rings. The molecule has 0 radical (unpaired) electrons. The average Bonchev–Trinajstić information content (AvgIpc) is 2.68. The molecular weight excluding hydrogens is 230 g/mol. The lowest BCUT2D eigenvalue weighted by atomic mass is 9.84. The number of aromatic nitrogens is 2. The van der Waals surface area contributed by atoms with Crippen LogP contribution in [0, 0.1) is 17.2 Å². The first-order valence-corrected chi connectivity index (χ1v) is 6.52. The lowest BCUT2D eigenvalue weighted by molar-refractivity contribution is 0.171. The highest BCUT2D eigenvalue weighted by atomic mass is 16.5. The topological polar surface area (TPSA) is 91.2 Å². The second-order valence-electron chi connectivity index (χ2n) is 5.47. The fourth-order valence-corrected chi connectivity index (χ4v) is 3.15. The number of fused-ring (bicyclic) bond motifs is 4. The molecule has 0 unspecified atom stereocenters. The fraction of sp³-hybridized carbons (Fsp3) is 0.667. The van der Waals surface area contributed by atoms with Gasteiger partial charge in [-0.1, -0.05) is 0 Å². The third-order valence-corrected chi connectivity index (χ3v) is 4.19. The van der Waals surface area contributed by atoms with Gasteiger partial charge in [0.25, 0.3) is 5.62 Å². The largest absolute Gasteiger partial charge is 0.423 e. The van der Waals surface area contributed by atoms with Crippen molar-refractivity contribution in [2.24, 2.45) is 11.8 Å². The van der Waals surface area contributed by atoms with E-state index in [1.165, 1.54) is 25.7 Å². The van der Waals surface area contributed by atoms with Crippen LogP contribution in [0.1, 0.15) is 25.7 Å². The Morgan fingerprint density at radius 2 is 1.78 bits per heavy atom. The van der Waals surface area contributed by atoms with E-state index in [2.05, 4.69) is 9.88 Å². The molecule has 0 spiro atoms. The number of hydrogen-bond donors (Lipinski definition) is 3. The van der Waals surface area contributed by atoms with Crippen LogP contribution in [-0.2, 0) is 0 Å². The molecule has 1 aliphatic carbocycles. The molecule has 4 N–H and O–H groups in total. The molecule has 1 aromatic rings. The van der Waals surface area contributed by atoms with Gasteiger partial charge in [-0.2, -0.15) is 4.98 Å². The third kappa shape index (κ3) is 1.91. The average molecular weight is 249 g/mol. The Hall–Kier alpha value is -1.72. The molecule has 1 saturated carbocycles. The van der Waals surface area contributed by atoms with E-state index in [9.17, 15) is 5.21 Å². The molecule has 2 aliphatic heterocycles. The van der Waals surface area contributed by atoms with E-state index in [0.717, 1.165) is 30.7 Å². The van der Waals surface area contributed by atoms with E-state index < -0.39 is 0 Å². The Morgan fingerprint density at radius 1 is 1.22 bits per heavy atom. The molecule has 1 aromatic heterocycles. The zero-order chi connectivity index (χ0) is 12.7. The highest BCUT2D eigenvalue weighted by Crippen LogP contribution is 2.35. The van der Waals surface area contributed by atoms with E-state index in [1.807, 2.05) is 0 Å². The van der Waals surface area contributed by atoms with Crippen LogP contribution in [0.25, 0.3) is 0 Å². The monoisotopic (exact) mass is 249 g/mol. The van der Waals surface area contributed by atoms with Crippen LogP contribution >= 0.6 is 0 Å². The molecule has 2 bridgehead atoms. The van der Waals surface area contributed by atoms with E-state index >= 15 is 0 Å². The molecule has 4 rings (SSSR count). The quantitative estimate of drug-likeness (QED) is 0.642. The number of nitrogens with two attached hydrogens (primary N) is 1. The van der Waals surface area contributed by atoms with Gasteiger partial charge in [0.05, 0.1) is 0 Å². The molecule has 2 saturated heterocycles. The molecule has 6 heteroatoms. The zero-order valence-corrected chi connectivity index (χ0v) is 10.3. The second-order valence-corrected chi connectivity index (χ2v) is 5.47. The van der Waals surface area contributed by atoms with Gasteiger partial charge in [0.1, 0.15) is 11.6 Å². The number of hydrogen-bond acceptors (Lipinski definition) is 5. The van der Waals surface area contributed by atoms with Crippen LogP contribution in [-0.4, -0.2) is 28.0 Å². The van der Waals surface area contributed by atoms with Gasteiger partial charge in [0.2, 0.25) is 0 Å². The number of nitrogens with one attached hydrogen (secondary N) is 1. The summed E-state index contributed by atoms with van der Waals surface area (Å²) in [6.45, 7) is 2.00. The molecule has 0 atom stereocenters. The molecule has 0 aromatic carbocycles. The predicted octanol–water partition coefficient (Wildman–Crippen LogP) is 0.808. The van der Waals surface area contributed by atoms with E-state index in [-0.39, 0.29) is 11.4 Å². The Kier molecular flexibility index (Phi) is 2.65. The van der Waals surface area contributed by atoms with Crippen molar-refractivity contribution in [3.63, 3.8) is 0 Å². The zero-order valence-electron chi connectivity index (χ0n) is 10.3. The predicted molar refractivity (Wildman–Crippen MR) is 67.3 cm³/mol. The van der Waals surface area contributed by atoms with Crippen LogP contribution in [0.15, 0.2) is 6.07 Å². The summed E-state index contributed by atoms with van der Waals surface area (Å²) in [4.78, 5) is 6.35. The summed E-state index contributed by atoms with van der Waals surface area (Å²) >= 11 is 0. The summed E-state index contributed by atoms with van der Waals surface area (Å²) in [6, 6.07) is 1.66. The van der Waals surface area contributed by atoms with Gasteiger partial charge < -0.3 is 15.8 Å². The number of nitrogens with zero attached hydrogens (tertiary/aromatic N) is 3. The Morgan fingerprint density at radius 3 is 2.28 bits per heavy atom. The van der Waals surface area contributed by atoms with Crippen LogP contribution in [0.3, 0.4) is 0 Å². The minimum atomic E-state index is -0.207. The van der Waals surface area contributed by atoms with Crippen molar-refractivity contribution in [3.05, 3.63) is 11.7 Å². The molecule has 0 amide bonds. The Balaban J connectivity index is 1.93. The van der Waals surface area contributed by atoms with Gasteiger partial charge in [0.15, 0.2) is 0 Å². The van der Waals surface area contributed by atoms with E-state index in [0.29, 0.717) is 4.73 Å².